The lowest BCUT2D eigenvalue weighted by molar-refractivity contribution is 0.146. The molecule has 0 N–H and O–H groups in total. The summed E-state index contributed by atoms with van der Waals surface area (Å²) in [7, 11) is 0.389. The molecule has 3 heterocycles. The second-order valence-electron chi connectivity index (χ2n) is 7.91. The minimum atomic E-state index is -2.92. The molecule has 0 saturated carbocycles. The number of benzene rings is 1. The molecule has 0 spiro atoms. The maximum absolute atomic E-state index is 15.7. The maximum atomic E-state index is 15.7. The normalized spacial score (nSPS) is 21.4. The van der Waals surface area contributed by atoms with Crippen LogP contribution in [0.25, 0.3) is 11.0 Å². The van der Waals surface area contributed by atoms with E-state index in [0.29, 0.717) is 16.7 Å². The highest BCUT2D eigenvalue weighted by Crippen LogP contribution is 2.36. The van der Waals surface area contributed by atoms with Gasteiger partial charge in [0.25, 0.3) is 12.0 Å². The molecule has 1 aliphatic rings. The fourth-order valence-corrected chi connectivity index (χ4v) is 5.41. The molecule has 0 radical (unpaired) electrons. The summed E-state index contributed by atoms with van der Waals surface area (Å²) in [6.07, 6.45) is -1.42. The molecule has 1 aliphatic heterocycles. The van der Waals surface area contributed by atoms with E-state index in [1.807, 2.05) is 0 Å². The molecule has 0 amide bonds. The van der Waals surface area contributed by atoms with Crippen LogP contribution < -0.4 is 5.56 Å². The van der Waals surface area contributed by atoms with Crippen LogP contribution >= 0.6 is 0 Å². The number of pyridine rings is 1. The number of hydrogen-bond acceptors (Lipinski definition) is 4. The van der Waals surface area contributed by atoms with Crippen molar-refractivity contribution in [2.45, 2.75) is 37.8 Å². The topological polar surface area (TPSA) is 64.8 Å². The average molecular weight is 467 g/mol. The van der Waals surface area contributed by atoms with Crippen LogP contribution in [0.3, 0.4) is 0 Å². The molecule has 3 aromatic rings. The molecule has 10 heteroatoms. The molecule has 5 nitrogen and oxygen atoms in total. The molecule has 4 rings (SSSR count). The van der Waals surface area contributed by atoms with Gasteiger partial charge in [-0.05, 0) is 37.3 Å². The van der Waals surface area contributed by atoms with E-state index < -0.39 is 39.8 Å². The maximum Gasteiger partial charge on any atom is 0.266 e. The first kappa shape index (κ1) is 22.6. The Morgan fingerprint density at radius 1 is 1.19 bits per heavy atom. The monoisotopic (exact) mass is 467 g/mol. The predicted octanol–water partition coefficient (Wildman–Crippen LogP) is 3.90. The lowest BCUT2D eigenvalue weighted by atomic mass is 9.90. The number of aryl methyl sites for hydroxylation is 3. The van der Waals surface area contributed by atoms with Crippen LogP contribution in [0, 0.1) is 5.82 Å². The minimum Gasteiger partial charge on any atom is -0.295 e. The third-order valence-corrected chi connectivity index (χ3v) is 7.32. The van der Waals surface area contributed by atoms with Crippen molar-refractivity contribution in [3.05, 3.63) is 69.1 Å². The summed E-state index contributed by atoms with van der Waals surface area (Å²) in [6.45, 7) is 0. The molecule has 0 atom stereocenters. The van der Waals surface area contributed by atoms with E-state index in [4.69, 9.17) is 0 Å². The van der Waals surface area contributed by atoms with E-state index in [9.17, 15) is 22.2 Å². The van der Waals surface area contributed by atoms with Gasteiger partial charge in [0.2, 0.25) is 0 Å². The summed E-state index contributed by atoms with van der Waals surface area (Å²) in [5.41, 5.74) is -2.24. The van der Waals surface area contributed by atoms with E-state index in [2.05, 4.69) is 9.97 Å². The van der Waals surface area contributed by atoms with Crippen LogP contribution in [0.5, 0.6) is 0 Å². The summed E-state index contributed by atoms with van der Waals surface area (Å²) < 4.78 is 69.0. The van der Waals surface area contributed by atoms with Crippen molar-refractivity contribution in [1.29, 1.82) is 0 Å². The van der Waals surface area contributed by atoms with Crippen LogP contribution in [0.15, 0.2) is 35.4 Å². The summed E-state index contributed by atoms with van der Waals surface area (Å²) in [5, 5.41) is 0.443. The first-order chi connectivity index (χ1) is 15.2. The van der Waals surface area contributed by atoms with Gasteiger partial charge in [0, 0.05) is 34.7 Å². The number of alkyl halides is 3. The van der Waals surface area contributed by atoms with Crippen LogP contribution in [-0.2, 0) is 36.4 Å². The zero-order valence-electron chi connectivity index (χ0n) is 17.3. The average Bonchev–Trinajstić information content (AvgIpc) is 2.77. The van der Waals surface area contributed by atoms with E-state index >= 15 is 4.39 Å². The van der Waals surface area contributed by atoms with Crippen molar-refractivity contribution in [3.8, 4) is 0 Å². The van der Waals surface area contributed by atoms with Gasteiger partial charge in [-0.1, -0.05) is 18.2 Å². The molecule has 0 aliphatic carbocycles. The lowest BCUT2D eigenvalue weighted by Crippen LogP contribution is -2.37. The van der Waals surface area contributed by atoms with Crippen LogP contribution in [-0.4, -0.2) is 30.2 Å². The summed E-state index contributed by atoms with van der Waals surface area (Å²) in [4.78, 5) is 21.2. The van der Waals surface area contributed by atoms with Gasteiger partial charge in [0.05, 0.1) is 16.8 Å². The molecule has 0 unspecified atom stereocenters. The van der Waals surface area contributed by atoms with Crippen molar-refractivity contribution in [3.63, 3.8) is 0 Å². The highest BCUT2D eigenvalue weighted by molar-refractivity contribution is 7.85. The molecule has 1 saturated heterocycles. The van der Waals surface area contributed by atoms with Gasteiger partial charge in [-0.2, -0.15) is 0 Å². The molecular weight excluding hydrogens is 446 g/mol. The number of fused-ring (bicyclic) bond motifs is 1. The van der Waals surface area contributed by atoms with Crippen LogP contribution in [0.1, 0.15) is 41.7 Å². The van der Waals surface area contributed by atoms with Gasteiger partial charge in [-0.15, -0.1) is 0 Å². The van der Waals surface area contributed by atoms with Crippen molar-refractivity contribution < 1.29 is 21.8 Å². The second kappa shape index (κ2) is 8.73. The Morgan fingerprint density at radius 3 is 2.59 bits per heavy atom. The van der Waals surface area contributed by atoms with Crippen molar-refractivity contribution in [2.24, 2.45) is 7.05 Å². The van der Waals surface area contributed by atoms with Gasteiger partial charge in [0.15, 0.2) is 0 Å². The van der Waals surface area contributed by atoms with E-state index in [1.54, 1.807) is 0 Å². The van der Waals surface area contributed by atoms with Gasteiger partial charge >= 0.3 is 0 Å². The lowest BCUT2D eigenvalue weighted by Gasteiger charge is -2.29. The highest BCUT2D eigenvalue weighted by atomic mass is 32.2. The fraction of sp³-hybridized carbons (Fsp3) is 0.409. The number of nitrogens with zero attached hydrogens (tertiary/aromatic N) is 3. The molecule has 0 bridgehead atoms. The van der Waals surface area contributed by atoms with Crippen LogP contribution in [0.4, 0.5) is 17.6 Å². The fourth-order valence-electron chi connectivity index (χ4n) is 4.10. The summed E-state index contributed by atoms with van der Waals surface area (Å²) in [5.74, 6) is -0.600. The van der Waals surface area contributed by atoms with E-state index in [-0.39, 0.29) is 48.3 Å². The standard InChI is InChI=1S/C22H21F4N3O2S/c1-29-20-15(11-16(21(29)30)22(26)7-9-32(31)10-8-22)17(27-12-28-20)6-5-13-3-2-4-14(18(13)23)19(24)25/h2-4,11-12,19H,5-10H2,1H3. The molecule has 170 valence electrons. The summed E-state index contributed by atoms with van der Waals surface area (Å²) >= 11 is 0. The Hall–Kier alpha value is -2.62. The largest absolute Gasteiger partial charge is 0.295 e. The molecule has 1 aromatic carbocycles. The zero-order valence-corrected chi connectivity index (χ0v) is 18.1. The zero-order chi connectivity index (χ0) is 23.0. The van der Waals surface area contributed by atoms with Gasteiger partial charge in [-0.3, -0.25) is 13.6 Å². The Kier molecular flexibility index (Phi) is 6.15. The van der Waals surface area contributed by atoms with Gasteiger partial charge < -0.3 is 0 Å². The Morgan fingerprint density at radius 2 is 1.91 bits per heavy atom. The van der Waals surface area contributed by atoms with Gasteiger partial charge in [0.1, 0.15) is 23.5 Å². The minimum absolute atomic E-state index is 0.0188. The van der Waals surface area contributed by atoms with Crippen molar-refractivity contribution in [1.82, 2.24) is 14.5 Å². The molecule has 1 fully saturated rings. The highest BCUT2D eigenvalue weighted by Gasteiger charge is 2.39. The number of halogens is 4. The first-order valence-electron chi connectivity index (χ1n) is 10.1. The van der Waals surface area contributed by atoms with E-state index in [0.717, 1.165) is 6.07 Å². The third kappa shape index (κ3) is 4.07. The SMILES string of the molecule is Cn1c(=O)c(C2(F)CCS(=O)CC2)cc2c(CCc3cccc(C(F)F)c3F)ncnc21. The van der Waals surface area contributed by atoms with E-state index in [1.165, 1.54) is 36.1 Å². The Balaban J connectivity index is 1.74. The predicted molar refractivity (Wildman–Crippen MR) is 113 cm³/mol. The molecule has 32 heavy (non-hydrogen) atoms. The summed E-state index contributed by atoms with van der Waals surface area (Å²) in [6, 6.07) is 5.29. The van der Waals surface area contributed by atoms with Crippen molar-refractivity contribution >= 4 is 21.8 Å². The number of aromatic nitrogens is 3. The number of rotatable bonds is 5. The Bertz CT molecular complexity index is 1250. The Labute approximate surface area is 184 Å². The molecular formula is C22H21F4N3O2S. The number of hydrogen-bond donors (Lipinski definition) is 0. The van der Waals surface area contributed by atoms with Crippen molar-refractivity contribution in [2.75, 3.05) is 11.5 Å². The van der Waals surface area contributed by atoms with Gasteiger partial charge in [-0.25, -0.2) is 27.5 Å². The quantitative estimate of drug-likeness (QED) is 0.534. The molecule has 2 aromatic heterocycles. The van der Waals surface area contributed by atoms with Crippen LogP contribution in [0.2, 0.25) is 0 Å². The third-order valence-electron chi connectivity index (χ3n) is 6.00. The smallest absolute Gasteiger partial charge is 0.266 e. The first-order valence-corrected chi connectivity index (χ1v) is 11.6. The second-order valence-corrected chi connectivity index (χ2v) is 9.61.